The minimum Gasteiger partial charge on any atom is -0.388 e. The van der Waals surface area contributed by atoms with Crippen molar-refractivity contribution in [2.24, 2.45) is 10.8 Å². The number of amides is 2. The minimum atomic E-state index is -1.05. The Balaban J connectivity index is 2.03. The van der Waals surface area contributed by atoms with Gasteiger partial charge in [0.05, 0.1) is 12.1 Å². The van der Waals surface area contributed by atoms with E-state index in [1.54, 1.807) is 0 Å². The Bertz CT molecular complexity index is 872. The quantitative estimate of drug-likeness (QED) is 0.506. The summed E-state index contributed by atoms with van der Waals surface area (Å²) in [6.45, 7) is 14.1. The molecule has 1 saturated heterocycles. The Kier molecular flexibility index (Phi) is 9.23. The van der Waals surface area contributed by atoms with Gasteiger partial charge in [-0.2, -0.15) is 0 Å². The summed E-state index contributed by atoms with van der Waals surface area (Å²) in [6, 6.07) is 18.8. The van der Waals surface area contributed by atoms with Crippen molar-refractivity contribution in [3.8, 4) is 0 Å². The second kappa shape index (κ2) is 11.8. The van der Waals surface area contributed by atoms with E-state index in [1.807, 2.05) is 70.5 Å². The summed E-state index contributed by atoms with van der Waals surface area (Å²) >= 11 is 0. The van der Waals surface area contributed by atoms with Crippen LogP contribution in [0, 0.1) is 10.8 Å². The second-order valence-electron chi connectivity index (χ2n) is 12.8. The van der Waals surface area contributed by atoms with Gasteiger partial charge in [0, 0.05) is 13.1 Å². The van der Waals surface area contributed by atoms with Gasteiger partial charge in [-0.1, -0.05) is 102 Å². The van der Waals surface area contributed by atoms with Crippen LogP contribution < -0.4 is 0 Å². The van der Waals surface area contributed by atoms with Crippen LogP contribution in [0.2, 0.25) is 0 Å². The standard InChI is InChI=1S/C31H46N2O3/c1-30(2,3)17-19-32-25(21-23-13-9-7-10-14-23)27(34)28(35)26(22-24-15-11-8-12-16-24)33(29(32)36)20-18-31(4,5)6/h7-16,25-28,34-35H,17-22H2,1-6H3/t25-,26-,27+,28+/m1/s1. The third-order valence-corrected chi connectivity index (χ3v) is 7.21. The van der Waals surface area contributed by atoms with Crippen molar-refractivity contribution < 1.29 is 15.0 Å². The van der Waals surface area contributed by atoms with Gasteiger partial charge in [-0.05, 0) is 47.6 Å². The summed E-state index contributed by atoms with van der Waals surface area (Å²) in [4.78, 5) is 18.0. The van der Waals surface area contributed by atoms with Crippen molar-refractivity contribution >= 4 is 6.03 Å². The highest BCUT2D eigenvalue weighted by atomic mass is 16.3. The van der Waals surface area contributed by atoms with E-state index in [0.717, 1.165) is 24.0 Å². The smallest absolute Gasteiger partial charge is 0.320 e. The maximum atomic E-state index is 14.3. The van der Waals surface area contributed by atoms with Crippen LogP contribution in [0.4, 0.5) is 4.79 Å². The van der Waals surface area contributed by atoms with Gasteiger partial charge in [-0.15, -0.1) is 0 Å². The molecular weight excluding hydrogens is 448 g/mol. The van der Waals surface area contributed by atoms with Crippen LogP contribution in [0.15, 0.2) is 60.7 Å². The Morgan fingerprint density at radius 3 is 1.28 bits per heavy atom. The normalized spacial score (nSPS) is 23.6. The molecule has 198 valence electrons. The molecule has 0 saturated carbocycles. The van der Waals surface area contributed by atoms with Gasteiger partial charge in [-0.25, -0.2) is 4.79 Å². The number of urea groups is 1. The number of benzene rings is 2. The number of aliphatic hydroxyl groups excluding tert-OH is 2. The van der Waals surface area contributed by atoms with Gasteiger partial charge < -0.3 is 20.0 Å². The predicted molar refractivity (Wildman–Crippen MR) is 147 cm³/mol. The predicted octanol–water partition coefficient (Wildman–Crippen LogP) is 5.54. The minimum absolute atomic E-state index is 0.0349. The van der Waals surface area contributed by atoms with Gasteiger partial charge in [0.2, 0.25) is 0 Å². The van der Waals surface area contributed by atoms with Crippen LogP contribution in [0.3, 0.4) is 0 Å². The van der Waals surface area contributed by atoms with Crippen molar-refractivity contribution in [1.82, 2.24) is 9.80 Å². The fourth-order valence-corrected chi connectivity index (χ4v) is 4.88. The van der Waals surface area contributed by atoms with E-state index < -0.39 is 24.3 Å². The molecule has 4 atom stereocenters. The van der Waals surface area contributed by atoms with Crippen molar-refractivity contribution in [3.63, 3.8) is 0 Å². The van der Waals surface area contributed by atoms with Crippen molar-refractivity contribution in [2.75, 3.05) is 13.1 Å². The van der Waals surface area contributed by atoms with Gasteiger partial charge in [0.1, 0.15) is 12.2 Å². The number of carbonyl (C=O) groups is 1. The monoisotopic (exact) mass is 494 g/mol. The number of hydrogen-bond donors (Lipinski definition) is 2. The third kappa shape index (κ3) is 7.81. The summed E-state index contributed by atoms with van der Waals surface area (Å²) in [7, 11) is 0. The molecule has 2 aromatic rings. The van der Waals surface area contributed by atoms with E-state index in [-0.39, 0.29) is 16.9 Å². The molecule has 0 aliphatic carbocycles. The number of carbonyl (C=O) groups excluding carboxylic acids is 1. The molecule has 3 rings (SSSR count). The molecule has 1 aliphatic rings. The van der Waals surface area contributed by atoms with E-state index in [1.165, 1.54) is 0 Å². The molecule has 0 bridgehead atoms. The first-order chi connectivity index (χ1) is 16.9. The highest BCUT2D eigenvalue weighted by Gasteiger charge is 2.46. The zero-order valence-electron chi connectivity index (χ0n) is 23.0. The molecule has 0 aromatic heterocycles. The SMILES string of the molecule is CC(C)(C)CCN1C(=O)N(CCC(C)(C)C)[C@H](Cc2ccccc2)[C@H](O)[C@@H](O)[C@H]1Cc1ccccc1. The van der Waals surface area contributed by atoms with Crippen LogP contribution in [-0.2, 0) is 12.8 Å². The summed E-state index contributed by atoms with van der Waals surface area (Å²) in [5.41, 5.74) is 2.16. The van der Waals surface area contributed by atoms with Crippen LogP contribution >= 0.6 is 0 Å². The maximum Gasteiger partial charge on any atom is 0.320 e. The summed E-state index contributed by atoms with van der Waals surface area (Å²) < 4.78 is 0. The fourth-order valence-electron chi connectivity index (χ4n) is 4.88. The Hall–Kier alpha value is -2.37. The second-order valence-corrected chi connectivity index (χ2v) is 12.8. The molecule has 5 heteroatoms. The zero-order valence-corrected chi connectivity index (χ0v) is 23.0. The molecular formula is C31H46N2O3. The van der Waals surface area contributed by atoms with E-state index in [9.17, 15) is 15.0 Å². The first-order valence-corrected chi connectivity index (χ1v) is 13.4. The van der Waals surface area contributed by atoms with Crippen LogP contribution in [0.5, 0.6) is 0 Å². The van der Waals surface area contributed by atoms with Crippen LogP contribution in [-0.4, -0.2) is 63.4 Å². The van der Waals surface area contributed by atoms with E-state index in [4.69, 9.17) is 0 Å². The molecule has 2 N–H and O–H groups in total. The lowest BCUT2D eigenvalue weighted by atomic mass is 9.89. The lowest BCUT2D eigenvalue weighted by Crippen LogP contribution is -2.52. The Morgan fingerprint density at radius 1 is 0.639 bits per heavy atom. The van der Waals surface area contributed by atoms with E-state index in [2.05, 4.69) is 41.5 Å². The van der Waals surface area contributed by atoms with E-state index >= 15 is 0 Å². The summed E-state index contributed by atoms with van der Waals surface area (Å²) in [6.07, 6.45) is 0.511. The van der Waals surface area contributed by atoms with Crippen molar-refractivity contribution in [2.45, 2.75) is 91.5 Å². The molecule has 1 aliphatic heterocycles. The van der Waals surface area contributed by atoms with Gasteiger partial charge in [-0.3, -0.25) is 0 Å². The molecule has 2 amide bonds. The molecule has 0 radical (unpaired) electrons. The molecule has 0 unspecified atom stereocenters. The fraction of sp³-hybridized carbons (Fsp3) is 0.581. The lowest BCUT2D eigenvalue weighted by Gasteiger charge is -2.37. The van der Waals surface area contributed by atoms with Crippen LogP contribution in [0.1, 0.15) is 65.5 Å². The average Bonchev–Trinajstić information content (AvgIpc) is 2.87. The topological polar surface area (TPSA) is 64.0 Å². The Morgan fingerprint density at radius 2 is 0.972 bits per heavy atom. The zero-order chi connectivity index (χ0) is 26.5. The first kappa shape index (κ1) is 28.2. The van der Waals surface area contributed by atoms with Crippen LogP contribution in [0.25, 0.3) is 0 Å². The largest absolute Gasteiger partial charge is 0.388 e. The number of aliphatic hydroxyl groups is 2. The molecule has 36 heavy (non-hydrogen) atoms. The molecule has 2 aromatic carbocycles. The molecule has 5 nitrogen and oxygen atoms in total. The number of hydrogen-bond acceptors (Lipinski definition) is 3. The highest BCUT2D eigenvalue weighted by Crippen LogP contribution is 2.31. The average molecular weight is 495 g/mol. The molecule has 1 heterocycles. The first-order valence-electron chi connectivity index (χ1n) is 13.4. The van der Waals surface area contributed by atoms with E-state index in [0.29, 0.717) is 25.9 Å². The van der Waals surface area contributed by atoms with Gasteiger partial charge >= 0.3 is 6.03 Å². The lowest BCUT2D eigenvalue weighted by molar-refractivity contribution is -0.0406. The molecule has 0 spiro atoms. The van der Waals surface area contributed by atoms with Crippen molar-refractivity contribution in [1.29, 1.82) is 0 Å². The number of rotatable bonds is 8. The number of nitrogens with zero attached hydrogens (tertiary/aromatic N) is 2. The van der Waals surface area contributed by atoms with Crippen molar-refractivity contribution in [3.05, 3.63) is 71.8 Å². The third-order valence-electron chi connectivity index (χ3n) is 7.21. The van der Waals surface area contributed by atoms with Gasteiger partial charge in [0.25, 0.3) is 0 Å². The maximum absolute atomic E-state index is 14.3. The summed E-state index contributed by atoms with van der Waals surface area (Å²) in [5.74, 6) is 0. The van der Waals surface area contributed by atoms with Gasteiger partial charge in [0.15, 0.2) is 0 Å². The highest BCUT2D eigenvalue weighted by molar-refractivity contribution is 5.76. The molecule has 1 fully saturated rings. The Labute approximate surface area is 218 Å². The summed E-state index contributed by atoms with van der Waals surface area (Å²) in [5, 5.41) is 23.2.